The maximum absolute atomic E-state index is 12.7. The third-order valence-electron chi connectivity index (χ3n) is 4.58. The number of hydrogen-bond donors (Lipinski definition) is 2. The van der Waals surface area contributed by atoms with E-state index >= 15 is 0 Å². The molecule has 0 bridgehead atoms. The predicted molar refractivity (Wildman–Crippen MR) is 107 cm³/mol. The van der Waals surface area contributed by atoms with Crippen molar-refractivity contribution in [2.75, 3.05) is 16.8 Å². The van der Waals surface area contributed by atoms with Crippen LogP contribution in [0.3, 0.4) is 0 Å². The molecule has 3 aromatic rings. The first-order chi connectivity index (χ1) is 13.1. The zero-order chi connectivity index (χ0) is 18.8. The zero-order valence-electron chi connectivity index (χ0n) is 14.4. The van der Waals surface area contributed by atoms with Crippen LogP contribution < -0.4 is 10.2 Å². The quantitative estimate of drug-likeness (QED) is 0.667. The van der Waals surface area contributed by atoms with E-state index < -0.39 is 0 Å². The van der Waals surface area contributed by atoms with Crippen molar-refractivity contribution in [3.63, 3.8) is 0 Å². The van der Waals surface area contributed by atoms with Crippen LogP contribution in [0.25, 0.3) is 11.3 Å². The normalized spacial score (nSPS) is 16.6. The molecule has 0 radical (unpaired) electrons. The van der Waals surface area contributed by atoms with Crippen LogP contribution in [0.2, 0.25) is 0 Å². The molecule has 0 saturated carbocycles. The minimum atomic E-state index is -0.389. The summed E-state index contributed by atoms with van der Waals surface area (Å²) in [4.78, 5) is 26.8. The third kappa shape index (κ3) is 3.64. The van der Waals surface area contributed by atoms with Crippen LogP contribution in [0.5, 0.6) is 0 Å². The lowest BCUT2D eigenvalue weighted by Crippen LogP contribution is -2.28. The third-order valence-corrected chi connectivity index (χ3v) is 5.25. The minimum Gasteiger partial charge on any atom is -0.326 e. The van der Waals surface area contributed by atoms with E-state index in [4.69, 9.17) is 0 Å². The zero-order valence-corrected chi connectivity index (χ0v) is 15.9. The summed E-state index contributed by atoms with van der Waals surface area (Å²) in [6.07, 6.45) is 1.88. The van der Waals surface area contributed by atoms with Crippen molar-refractivity contribution in [1.29, 1.82) is 0 Å². The standard InChI is InChI=1S/C20H17BrN4O2/c21-16-6-1-2-7-18(16)25-12-14(11-19(25)26)20(27)23-15-5-3-4-13(10-15)17-8-9-22-24-17/h1-10,14H,11-12H2,(H,22,24)(H,23,27)/t14-/m1/s1. The monoisotopic (exact) mass is 424 g/mol. The lowest BCUT2D eigenvalue weighted by atomic mass is 10.1. The first-order valence-corrected chi connectivity index (χ1v) is 9.36. The summed E-state index contributed by atoms with van der Waals surface area (Å²) in [5.41, 5.74) is 3.29. The van der Waals surface area contributed by atoms with Gasteiger partial charge in [0.15, 0.2) is 0 Å². The molecule has 2 N–H and O–H groups in total. The topological polar surface area (TPSA) is 78.1 Å². The Balaban J connectivity index is 1.47. The van der Waals surface area contributed by atoms with Crippen LogP contribution in [0.1, 0.15) is 6.42 Å². The Kier molecular flexibility index (Phi) is 4.77. The molecule has 1 atom stereocenters. The number of para-hydroxylation sites is 1. The Morgan fingerprint density at radius 1 is 1.19 bits per heavy atom. The van der Waals surface area contributed by atoms with Gasteiger partial charge in [-0.05, 0) is 46.3 Å². The second kappa shape index (κ2) is 7.36. The van der Waals surface area contributed by atoms with Crippen molar-refractivity contribution in [1.82, 2.24) is 10.2 Å². The van der Waals surface area contributed by atoms with E-state index in [1.54, 1.807) is 11.1 Å². The molecular weight excluding hydrogens is 408 g/mol. The summed E-state index contributed by atoms with van der Waals surface area (Å²) in [5, 5.41) is 9.78. The van der Waals surface area contributed by atoms with E-state index in [9.17, 15) is 9.59 Å². The fraction of sp³-hybridized carbons (Fsp3) is 0.150. The number of nitrogens with zero attached hydrogens (tertiary/aromatic N) is 2. The first-order valence-electron chi connectivity index (χ1n) is 8.57. The van der Waals surface area contributed by atoms with E-state index in [1.165, 1.54) is 0 Å². The van der Waals surface area contributed by atoms with Crippen molar-refractivity contribution in [2.45, 2.75) is 6.42 Å². The maximum Gasteiger partial charge on any atom is 0.229 e. The lowest BCUT2D eigenvalue weighted by molar-refractivity contribution is -0.122. The van der Waals surface area contributed by atoms with Gasteiger partial charge in [-0.25, -0.2) is 0 Å². The first kappa shape index (κ1) is 17.5. The molecular formula is C20H17BrN4O2. The molecule has 1 saturated heterocycles. The maximum atomic E-state index is 12.7. The molecule has 27 heavy (non-hydrogen) atoms. The molecule has 0 spiro atoms. The predicted octanol–water partition coefficient (Wildman–Crippen LogP) is 3.83. The molecule has 0 unspecified atom stereocenters. The molecule has 1 aromatic heterocycles. The number of rotatable bonds is 4. The van der Waals surface area contributed by atoms with Crippen molar-refractivity contribution in [2.24, 2.45) is 5.92 Å². The van der Waals surface area contributed by atoms with Crippen molar-refractivity contribution >= 4 is 39.1 Å². The molecule has 2 aromatic carbocycles. The van der Waals surface area contributed by atoms with Gasteiger partial charge in [0.1, 0.15) is 0 Å². The van der Waals surface area contributed by atoms with Gasteiger partial charge in [-0.15, -0.1) is 0 Å². The highest BCUT2D eigenvalue weighted by molar-refractivity contribution is 9.10. The van der Waals surface area contributed by atoms with E-state index in [2.05, 4.69) is 31.4 Å². The number of amides is 2. The molecule has 4 rings (SSSR count). The number of benzene rings is 2. The number of carbonyl (C=O) groups excluding carboxylic acids is 2. The SMILES string of the molecule is O=C(Nc1cccc(-c2ccn[nH]2)c1)[C@@H]1CC(=O)N(c2ccccc2Br)C1. The van der Waals surface area contributed by atoms with Gasteiger partial charge in [0.05, 0.1) is 17.3 Å². The van der Waals surface area contributed by atoms with E-state index in [0.717, 1.165) is 21.4 Å². The van der Waals surface area contributed by atoms with Gasteiger partial charge in [0.2, 0.25) is 11.8 Å². The molecule has 6 nitrogen and oxygen atoms in total. The Labute approximate surface area is 164 Å². The lowest BCUT2D eigenvalue weighted by Gasteiger charge is -2.18. The molecule has 136 valence electrons. The van der Waals surface area contributed by atoms with Crippen molar-refractivity contribution < 1.29 is 9.59 Å². The van der Waals surface area contributed by atoms with Crippen molar-refractivity contribution in [3.05, 3.63) is 65.3 Å². The molecule has 2 heterocycles. The fourth-order valence-corrected chi connectivity index (χ4v) is 3.71. The summed E-state index contributed by atoms with van der Waals surface area (Å²) >= 11 is 3.47. The second-order valence-corrected chi connectivity index (χ2v) is 7.25. The Bertz CT molecular complexity index is 987. The number of hydrogen-bond acceptors (Lipinski definition) is 3. The average molecular weight is 425 g/mol. The van der Waals surface area contributed by atoms with E-state index in [-0.39, 0.29) is 24.2 Å². The summed E-state index contributed by atoms with van der Waals surface area (Å²) in [5.74, 6) is -0.589. The molecule has 0 aliphatic carbocycles. The number of aromatic nitrogens is 2. The highest BCUT2D eigenvalue weighted by atomic mass is 79.9. The summed E-state index contributed by atoms with van der Waals surface area (Å²) in [6, 6.07) is 16.9. The molecule has 1 aliphatic heterocycles. The smallest absolute Gasteiger partial charge is 0.229 e. The number of nitrogens with one attached hydrogen (secondary N) is 2. The average Bonchev–Trinajstić information content (AvgIpc) is 3.32. The molecule has 2 amide bonds. The number of carbonyl (C=O) groups is 2. The Morgan fingerprint density at radius 3 is 2.81 bits per heavy atom. The van der Waals surface area contributed by atoms with Crippen LogP contribution in [0.4, 0.5) is 11.4 Å². The molecule has 1 aliphatic rings. The highest BCUT2D eigenvalue weighted by Crippen LogP contribution is 2.31. The number of aromatic amines is 1. The highest BCUT2D eigenvalue weighted by Gasteiger charge is 2.35. The van der Waals surface area contributed by atoms with Gasteiger partial charge in [-0.1, -0.05) is 24.3 Å². The Morgan fingerprint density at radius 2 is 2.04 bits per heavy atom. The Hall–Kier alpha value is -2.93. The minimum absolute atomic E-state index is 0.0479. The second-order valence-electron chi connectivity index (χ2n) is 6.40. The summed E-state index contributed by atoms with van der Waals surface area (Å²) in [6.45, 7) is 0.369. The number of halogens is 1. The van der Waals surface area contributed by atoms with Crippen LogP contribution in [-0.2, 0) is 9.59 Å². The molecule has 1 fully saturated rings. The van der Waals surface area contributed by atoms with Crippen LogP contribution in [0.15, 0.2) is 65.3 Å². The van der Waals surface area contributed by atoms with Gasteiger partial charge in [-0.3, -0.25) is 14.7 Å². The van der Waals surface area contributed by atoms with E-state index in [0.29, 0.717) is 12.2 Å². The number of H-pyrrole nitrogens is 1. The van der Waals surface area contributed by atoms with Crippen LogP contribution >= 0.6 is 15.9 Å². The van der Waals surface area contributed by atoms with Crippen LogP contribution in [0, 0.1) is 5.92 Å². The van der Waals surface area contributed by atoms with Gasteiger partial charge >= 0.3 is 0 Å². The van der Waals surface area contributed by atoms with Crippen LogP contribution in [-0.4, -0.2) is 28.6 Å². The van der Waals surface area contributed by atoms with E-state index in [1.807, 2.05) is 54.6 Å². The summed E-state index contributed by atoms with van der Waals surface area (Å²) in [7, 11) is 0. The van der Waals surface area contributed by atoms with Gasteiger partial charge in [0, 0.05) is 34.9 Å². The van der Waals surface area contributed by atoms with Crippen molar-refractivity contribution in [3.8, 4) is 11.3 Å². The number of anilines is 2. The largest absolute Gasteiger partial charge is 0.326 e. The van der Waals surface area contributed by atoms with Gasteiger partial charge in [0.25, 0.3) is 0 Å². The van der Waals surface area contributed by atoms with Gasteiger partial charge in [-0.2, -0.15) is 5.10 Å². The van der Waals surface area contributed by atoms with Gasteiger partial charge < -0.3 is 10.2 Å². The fourth-order valence-electron chi connectivity index (χ4n) is 3.21. The molecule has 7 heteroatoms. The summed E-state index contributed by atoms with van der Waals surface area (Å²) < 4.78 is 0.840.